The highest BCUT2D eigenvalue weighted by Crippen LogP contribution is 2.16. The number of nitrogens with zero attached hydrogens (tertiary/aromatic N) is 3. The van der Waals surface area contributed by atoms with E-state index in [9.17, 15) is 4.79 Å². The lowest BCUT2D eigenvalue weighted by atomic mass is 10.2. The number of likely N-dealkylation sites (N-methyl/N-ethyl adjacent to an activating group) is 2. The smallest absolute Gasteiger partial charge is 0.253 e. The molecular formula is C13H20N4O. The topological polar surface area (TPSA) is 62.5 Å². The number of likely N-dealkylation sites (tertiary alicyclic amines) is 1. The molecule has 1 aromatic rings. The maximum atomic E-state index is 12.2. The molecule has 1 fully saturated rings. The molecule has 2 rings (SSSR count). The minimum absolute atomic E-state index is 0.00407. The molecule has 0 aromatic carbocycles. The third-order valence-corrected chi connectivity index (χ3v) is 3.53. The molecule has 0 radical (unpaired) electrons. The van der Waals surface area contributed by atoms with E-state index in [0.717, 1.165) is 19.5 Å². The van der Waals surface area contributed by atoms with Crippen molar-refractivity contribution in [3.63, 3.8) is 0 Å². The molecule has 1 atom stereocenters. The Labute approximate surface area is 108 Å². The largest absolute Gasteiger partial charge is 0.384 e. The van der Waals surface area contributed by atoms with Crippen LogP contribution in [0, 0.1) is 0 Å². The third kappa shape index (κ3) is 2.79. The summed E-state index contributed by atoms with van der Waals surface area (Å²) in [5, 5.41) is 0. The molecule has 2 N–H and O–H groups in total. The van der Waals surface area contributed by atoms with Gasteiger partial charge in [0, 0.05) is 31.4 Å². The minimum atomic E-state index is 0.00407. The molecule has 2 heterocycles. The number of carbonyl (C=O) groups is 1. The molecule has 1 amide bonds. The van der Waals surface area contributed by atoms with Crippen LogP contribution >= 0.6 is 0 Å². The second kappa shape index (κ2) is 5.35. The van der Waals surface area contributed by atoms with E-state index in [4.69, 9.17) is 5.73 Å². The highest BCUT2D eigenvalue weighted by Gasteiger charge is 2.24. The summed E-state index contributed by atoms with van der Waals surface area (Å²) in [6.07, 6.45) is 3.94. The van der Waals surface area contributed by atoms with Gasteiger partial charge < -0.3 is 15.5 Å². The zero-order valence-electron chi connectivity index (χ0n) is 11.0. The average Bonchev–Trinajstić information content (AvgIpc) is 2.74. The standard InChI is InChI=1S/C13H20N4O/c1-16-7-3-4-11(16)9-17(2)13(18)10-5-6-15-12(14)8-10/h5-6,8,11H,3-4,7,9H2,1-2H3,(H2,14,15). The normalized spacial score (nSPS) is 20.0. The lowest BCUT2D eigenvalue weighted by Crippen LogP contribution is -2.39. The van der Waals surface area contributed by atoms with E-state index < -0.39 is 0 Å². The lowest BCUT2D eigenvalue weighted by molar-refractivity contribution is 0.0761. The third-order valence-electron chi connectivity index (χ3n) is 3.53. The summed E-state index contributed by atoms with van der Waals surface area (Å²) >= 11 is 0. The predicted molar refractivity (Wildman–Crippen MR) is 71.3 cm³/mol. The fourth-order valence-electron chi connectivity index (χ4n) is 2.41. The van der Waals surface area contributed by atoms with Crippen LogP contribution < -0.4 is 5.73 Å². The molecule has 18 heavy (non-hydrogen) atoms. The number of nitrogen functional groups attached to an aromatic ring is 1. The van der Waals surface area contributed by atoms with E-state index in [1.54, 1.807) is 23.2 Å². The van der Waals surface area contributed by atoms with Crippen LogP contribution in [0.25, 0.3) is 0 Å². The summed E-state index contributed by atoms with van der Waals surface area (Å²) in [6.45, 7) is 1.88. The van der Waals surface area contributed by atoms with Gasteiger partial charge in [0.1, 0.15) is 5.82 Å². The number of pyridine rings is 1. The van der Waals surface area contributed by atoms with Gasteiger partial charge in [0.25, 0.3) is 5.91 Å². The summed E-state index contributed by atoms with van der Waals surface area (Å²) in [5.74, 6) is 0.386. The molecule has 1 aliphatic rings. The molecule has 98 valence electrons. The lowest BCUT2D eigenvalue weighted by Gasteiger charge is -2.25. The Bertz CT molecular complexity index is 435. The van der Waals surface area contributed by atoms with E-state index in [0.29, 0.717) is 17.4 Å². The Morgan fingerprint density at radius 1 is 1.67 bits per heavy atom. The number of anilines is 1. The molecule has 0 aliphatic carbocycles. The average molecular weight is 248 g/mol. The number of hydrogen-bond acceptors (Lipinski definition) is 4. The second-order valence-electron chi connectivity index (χ2n) is 4.93. The van der Waals surface area contributed by atoms with E-state index in [1.165, 1.54) is 6.42 Å². The van der Waals surface area contributed by atoms with Crippen LogP contribution in [-0.2, 0) is 0 Å². The summed E-state index contributed by atoms with van der Waals surface area (Å²) < 4.78 is 0. The van der Waals surface area contributed by atoms with Crippen molar-refractivity contribution in [3.8, 4) is 0 Å². The molecule has 0 saturated carbocycles. The van der Waals surface area contributed by atoms with Crippen LogP contribution in [0.4, 0.5) is 5.82 Å². The van der Waals surface area contributed by atoms with Gasteiger partial charge in [-0.15, -0.1) is 0 Å². The van der Waals surface area contributed by atoms with Crippen molar-refractivity contribution in [2.24, 2.45) is 0 Å². The van der Waals surface area contributed by atoms with Crippen LogP contribution in [0.5, 0.6) is 0 Å². The summed E-state index contributed by atoms with van der Waals surface area (Å²) in [6, 6.07) is 3.79. The molecule has 5 heteroatoms. The van der Waals surface area contributed by atoms with E-state index in [-0.39, 0.29) is 5.91 Å². The SMILES string of the molecule is CN(CC1CCCN1C)C(=O)c1ccnc(N)c1. The van der Waals surface area contributed by atoms with Crippen molar-refractivity contribution in [1.29, 1.82) is 0 Å². The predicted octanol–water partition coefficient (Wildman–Crippen LogP) is 0.830. The number of aromatic nitrogens is 1. The first-order valence-corrected chi connectivity index (χ1v) is 6.25. The van der Waals surface area contributed by atoms with Gasteiger partial charge in [-0.1, -0.05) is 0 Å². The van der Waals surface area contributed by atoms with Crippen molar-refractivity contribution in [3.05, 3.63) is 23.9 Å². The molecule has 1 aliphatic heterocycles. The van der Waals surface area contributed by atoms with Gasteiger partial charge >= 0.3 is 0 Å². The Balaban J connectivity index is 2.00. The van der Waals surface area contributed by atoms with Gasteiger partial charge in [0.2, 0.25) is 0 Å². The number of carbonyl (C=O) groups excluding carboxylic acids is 1. The number of rotatable bonds is 3. The van der Waals surface area contributed by atoms with Crippen LogP contribution in [0.15, 0.2) is 18.3 Å². The zero-order chi connectivity index (χ0) is 13.1. The van der Waals surface area contributed by atoms with Gasteiger partial charge in [-0.2, -0.15) is 0 Å². The molecule has 5 nitrogen and oxygen atoms in total. The van der Waals surface area contributed by atoms with Gasteiger partial charge in [-0.3, -0.25) is 4.79 Å². The fourth-order valence-corrected chi connectivity index (χ4v) is 2.41. The van der Waals surface area contributed by atoms with Crippen molar-refractivity contribution >= 4 is 11.7 Å². The number of amides is 1. The molecule has 0 spiro atoms. The van der Waals surface area contributed by atoms with Crippen LogP contribution in [0.1, 0.15) is 23.2 Å². The second-order valence-corrected chi connectivity index (χ2v) is 4.93. The first kappa shape index (κ1) is 12.8. The van der Waals surface area contributed by atoms with Crippen molar-refractivity contribution in [1.82, 2.24) is 14.8 Å². The molecule has 1 unspecified atom stereocenters. The van der Waals surface area contributed by atoms with Crippen LogP contribution in [-0.4, -0.2) is 53.9 Å². The molecule has 1 aromatic heterocycles. The van der Waals surface area contributed by atoms with Crippen molar-refractivity contribution in [2.45, 2.75) is 18.9 Å². The highest BCUT2D eigenvalue weighted by molar-refractivity contribution is 5.94. The Morgan fingerprint density at radius 2 is 2.44 bits per heavy atom. The Kier molecular flexibility index (Phi) is 3.81. The van der Waals surface area contributed by atoms with Crippen LogP contribution in [0.3, 0.4) is 0 Å². The van der Waals surface area contributed by atoms with Crippen molar-refractivity contribution < 1.29 is 4.79 Å². The molecule has 0 bridgehead atoms. The first-order chi connectivity index (χ1) is 8.58. The van der Waals surface area contributed by atoms with Gasteiger partial charge in [0.15, 0.2) is 0 Å². The molecule has 1 saturated heterocycles. The van der Waals surface area contributed by atoms with E-state index in [2.05, 4.69) is 16.9 Å². The monoisotopic (exact) mass is 248 g/mol. The van der Waals surface area contributed by atoms with Crippen LogP contribution in [0.2, 0.25) is 0 Å². The van der Waals surface area contributed by atoms with E-state index in [1.807, 2.05) is 7.05 Å². The zero-order valence-corrected chi connectivity index (χ0v) is 11.0. The maximum absolute atomic E-state index is 12.2. The van der Waals surface area contributed by atoms with Gasteiger partial charge in [0.05, 0.1) is 0 Å². The van der Waals surface area contributed by atoms with Gasteiger partial charge in [-0.25, -0.2) is 4.98 Å². The Hall–Kier alpha value is -1.62. The number of hydrogen-bond donors (Lipinski definition) is 1. The van der Waals surface area contributed by atoms with Crippen molar-refractivity contribution in [2.75, 3.05) is 32.9 Å². The van der Waals surface area contributed by atoms with E-state index >= 15 is 0 Å². The Morgan fingerprint density at radius 3 is 3.06 bits per heavy atom. The highest BCUT2D eigenvalue weighted by atomic mass is 16.2. The number of nitrogens with two attached hydrogens (primary N) is 1. The summed E-state index contributed by atoms with van der Waals surface area (Å²) in [5.41, 5.74) is 6.19. The summed E-state index contributed by atoms with van der Waals surface area (Å²) in [4.78, 5) is 20.2. The summed E-state index contributed by atoms with van der Waals surface area (Å²) in [7, 11) is 3.95. The maximum Gasteiger partial charge on any atom is 0.253 e. The minimum Gasteiger partial charge on any atom is -0.384 e. The quantitative estimate of drug-likeness (QED) is 0.860. The van der Waals surface area contributed by atoms with Gasteiger partial charge in [-0.05, 0) is 38.6 Å². The molecular weight excluding hydrogens is 228 g/mol. The first-order valence-electron chi connectivity index (χ1n) is 6.25. The fraction of sp³-hybridized carbons (Fsp3) is 0.538.